The lowest BCUT2D eigenvalue weighted by Gasteiger charge is -2.23. The van der Waals surface area contributed by atoms with Crippen LogP contribution in [0.2, 0.25) is 0 Å². The summed E-state index contributed by atoms with van der Waals surface area (Å²) in [6, 6.07) is -0.164. The van der Waals surface area contributed by atoms with Gasteiger partial charge in [-0.1, -0.05) is 6.92 Å². The standard InChI is InChI=1S/C14H25NO4/c1-5-11(15-13(17)19-14(2,3)4)8-12(16)10-6-7-18-9-10/h10-11H,5-9H2,1-4H3,(H,15,17). The molecule has 19 heavy (non-hydrogen) atoms. The molecule has 0 spiro atoms. The summed E-state index contributed by atoms with van der Waals surface area (Å²) in [5.74, 6) is 0.162. The average Bonchev–Trinajstić information content (AvgIpc) is 2.78. The Balaban J connectivity index is 2.40. The SMILES string of the molecule is CCC(CC(=O)C1CCOC1)NC(=O)OC(C)(C)C. The van der Waals surface area contributed by atoms with Crippen molar-refractivity contribution in [2.24, 2.45) is 5.92 Å². The fourth-order valence-electron chi connectivity index (χ4n) is 1.97. The van der Waals surface area contributed by atoms with Gasteiger partial charge in [-0.2, -0.15) is 0 Å². The molecule has 2 atom stereocenters. The Morgan fingerprint density at radius 3 is 2.58 bits per heavy atom. The number of alkyl carbamates (subject to hydrolysis) is 1. The van der Waals surface area contributed by atoms with E-state index >= 15 is 0 Å². The molecule has 110 valence electrons. The van der Waals surface area contributed by atoms with E-state index in [4.69, 9.17) is 9.47 Å². The van der Waals surface area contributed by atoms with Crippen LogP contribution in [0.3, 0.4) is 0 Å². The molecule has 0 aromatic carbocycles. The fourth-order valence-corrected chi connectivity index (χ4v) is 1.97. The van der Waals surface area contributed by atoms with E-state index in [1.54, 1.807) is 0 Å². The van der Waals surface area contributed by atoms with Crippen molar-refractivity contribution in [1.29, 1.82) is 0 Å². The van der Waals surface area contributed by atoms with Crippen molar-refractivity contribution >= 4 is 11.9 Å². The van der Waals surface area contributed by atoms with Crippen LogP contribution in [0, 0.1) is 5.92 Å². The number of hydrogen-bond donors (Lipinski definition) is 1. The zero-order valence-electron chi connectivity index (χ0n) is 12.3. The zero-order valence-corrected chi connectivity index (χ0v) is 12.3. The predicted molar refractivity (Wildman–Crippen MR) is 72.0 cm³/mol. The van der Waals surface area contributed by atoms with Gasteiger partial charge in [-0.3, -0.25) is 4.79 Å². The molecule has 1 N–H and O–H groups in total. The first-order valence-corrected chi connectivity index (χ1v) is 6.91. The van der Waals surface area contributed by atoms with Gasteiger partial charge in [-0.05, 0) is 33.6 Å². The molecule has 2 unspecified atom stereocenters. The first-order chi connectivity index (χ1) is 8.81. The molecule has 0 aliphatic carbocycles. The monoisotopic (exact) mass is 271 g/mol. The number of rotatable bonds is 5. The largest absolute Gasteiger partial charge is 0.444 e. The summed E-state index contributed by atoms with van der Waals surface area (Å²) in [4.78, 5) is 23.7. The maximum atomic E-state index is 12.0. The molecule has 0 aromatic heterocycles. The van der Waals surface area contributed by atoms with Gasteiger partial charge in [-0.25, -0.2) is 4.79 Å². The lowest BCUT2D eigenvalue weighted by Crippen LogP contribution is -2.40. The van der Waals surface area contributed by atoms with E-state index < -0.39 is 11.7 Å². The Bertz CT molecular complexity index is 316. The van der Waals surface area contributed by atoms with Crippen LogP contribution in [0.15, 0.2) is 0 Å². The highest BCUT2D eigenvalue weighted by atomic mass is 16.6. The van der Waals surface area contributed by atoms with Crippen molar-refractivity contribution in [3.63, 3.8) is 0 Å². The summed E-state index contributed by atoms with van der Waals surface area (Å²) in [7, 11) is 0. The highest BCUT2D eigenvalue weighted by Gasteiger charge is 2.26. The fraction of sp³-hybridized carbons (Fsp3) is 0.857. The van der Waals surface area contributed by atoms with E-state index in [0.717, 1.165) is 6.42 Å². The third-order valence-corrected chi connectivity index (χ3v) is 3.05. The van der Waals surface area contributed by atoms with Crippen molar-refractivity contribution < 1.29 is 19.1 Å². The summed E-state index contributed by atoms with van der Waals surface area (Å²) < 4.78 is 10.4. The first kappa shape index (κ1) is 16.0. The Morgan fingerprint density at radius 2 is 2.11 bits per heavy atom. The molecular weight excluding hydrogens is 246 g/mol. The van der Waals surface area contributed by atoms with Crippen molar-refractivity contribution in [2.75, 3.05) is 13.2 Å². The summed E-state index contributed by atoms with van der Waals surface area (Å²) in [6.45, 7) is 8.56. The van der Waals surface area contributed by atoms with Crippen LogP contribution < -0.4 is 5.32 Å². The first-order valence-electron chi connectivity index (χ1n) is 6.91. The van der Waals surface area contributed by atoms with Gasteiger partial charge < -0.3 is 14.8 Å². The number of nitrogens with one attached hydrogen (secondary N) is 1. The van der Waals surface area contributed by atoms with Gasteiger partial charge >= 0.3 is 6.09 Å². The second kappa shape index (κ2) is 6.89. The molecule has 1 rings (SSSR count). The van der Waals surface area contributed by atoms with Crippen LogP contribution in [0.4, 0.5) is 4.79 Å². The van der Waals surface area contributed by atoms with Crippen molar-refractivity contribution in [1.82, 2.24) is 5.32 Å². The number of ketones is 1. The highest BCUT2D eigenvalue weighted by Crippen LogP contribution is 2.17. The zero-order chi connectivity index (χ0) is 14.5. The van der Waals surface area contributed by atoms with Gasteiger partial charge in [0.1, 0.15) is 11.4 Å². The second-order valence-electron chi connectivity index (χ2n) is 5.98. The number of amides is 1. The summed E-state index contributed by atoms with van der Waals surface area (Å²) >= 11 is 0. The van der Waals surface area contributed by atoms with Crippen LogP contribution in [-0.2, 0) is 14.3 Å². The number of hydrogen-bond acceptors (Lipinski definition) is 4. The van der Waals surface area contributed by atoms with E-state index in [1.165, 1.54) is 0 Å². The van der Waals surface area contributed by atoms with Crippen molar-refractivity contribution in [2.45, 2.75) is 58.6 Å². The molecule has 0 bridgehead atoms. The predicted octanol–water partition coefficient (Wildman–Crippen LogP) is 2.29. The molecule has 5 nitrogen and oxygen atoms in total. The van der Waals surface area contributed by atoms with Crippen LogP contribution in [-0.4, -0.2) is 36.7 Å². The molecule has 1 aliphatic rings. The van der Waals surface area contributed by atoms with E-state index in [-0.39, 0.29) is 17.7 Å². The summed E-state index contributed by atoms with van der Waals surface area (Å²) in [6.07, 6.45) is 1.39. The lowest BCUT2D eigenvalue weighted by atomic mass is 9.96. The average molecular weight is 271 g/mol. The molecule has 1 fully saturated rings. The van der Waals surface area contributed by atoms with Gasteiger partial charge in [0.05, 0.1) is 6.61 Å². The lowest BCUT2D eigenvalue weighted by molar-refractivity contribution is -0.123. The van der Waals surface area contributed by atoms with Gasteiger partial charge in [-0.15, -0.1) is 0 Å². The third-order valence-electron chi connectivity index (χ3n) is 3.05. The van der Waals surface area contributed by atoms with Crippen molar-refractivity contribution in [3.05, 3.63) is 0 Å². The minimum absolute atomic E-state index is 0.00511. The van der Waals surface area contributed by atoms with Crippen LogP contribution >= 0.6 is 0 Å². The molecular formula is C14H25NO4. The number of Topliss-reactive ketones (excluding diaryl/α,β-unsaturated/α-hetero) is 1. The third kappa shape index (κ3) is 6.05. The maximum Gasteiger partial charge on any atom is 0.407 e. The summed E-state index contributed by atoms with van der Waals surface area (Å²) in [5.41, 5.74) is -0.522. The Labute approximate surface area is 115 Å². The molecule has 0 saturated carbocycles. The van der Waals surface area contributed by atoms with E-state index in [2.05, 4.69) is 5.32 Å². The Hall–Kier alpha value is -1.10. The van der Waals surface area contributed by atoms with Crippen LogP contribution in [0.5, 0.6) is 0 Å². The molecule has 1 amide bonds. The van der Waals surface area contributed by atoms with E-state index in [9.17, 15) is 9.59 Å². The molecule has 0 radical (unpaired) electrons. The maximum absolute atomic E-state index is 12.0. The van der Waals surface area contributed by atoms with Crippen molar-refractivity contribution in [3.8, 4) is 0 Å². The molecule has 1 aliphatic heterocycles. The topological polar surface area (TPSA) is 64.6 Å². The molecule has 1 saturated heterocycles. The normalized spacial score (nSPS) is 20.9. The van der Waals surface area contributed by atoms with Gasteiger partial charge in [0.2, 0.25) is 0 Å². The number of carbonyl (C=O) groups excluding carboxylic acids is 2. The quantitative estimate of drug-likeness (QED) is 0.833. The van der Waals surface area contributed by atoms with Crippen LogP contribution in [0.1, 0.15) is 47.0 Å². The highest BCUT2D eigenvalue weighted by molar-refractivity contribution is 5.82. The van der Waals surface area contributed by atoms with E-state index in [1.807, 2.05) is 27.7 Å². The van der Waals surface area contributed by atoms with Gasteiger partial charge in [0.25, 0.3) is 0 Å². The minimum atomic E-state index is -0.522. The second-order valence-corrected chi connectivity index (χ2v) is 5.98. The molecule has 5 heteroatoms. The minimum Gasteiger partial charge on any atom is -0.444 e. The van der Waals surface area contributed by atoms with Gasteiger partial charge in [0, 0.05) is 25.0 Å². The Morgan fingerprint density at radius 1 is 1.42 bits per heavy atom. The van der Waals surface area contributed by atoms with Gasteiger partial charge in [0.15, 0.2) is 0 Å². The molecule has 1 heterocycles. The summed E-state index contributed by atoms with van der Waals surface area (Å²) in [5, 5.41) is 2.75. The van der Waals surface area contributed by atoms with E-state index in [0.29, 0.717) is 26.1 Å². The number of carbonyl (C=O) groups is 2. The molecule has 0 aromatic rings. The smallest absolute Gasteiger partial charge is 0.407 e. The number of ether oxygens (including phenoxy) is 2. The Kier molecular flexibility index (Phi) is 5.79. The van der Waals surface area contributed by atoms with Crippen LogP contribution in [0.25, 0.3) is 0 Å².